The van der Waals surface area contributed by atoms with E-state index in [2.05, 4.69) is 19.7 Å². The van der Waals surface area contributed by atoms with Crippen LogP contribution in [0.1, 0.15) is 18.8 Å². The van der Waals surface area contributed by atoms with Crippen molar-refractivity contribution < 1.29 is 8.42 Å². The van der Waals surface area contributed by atoms with Crippen molar-refractivity contribution in [2.75, 3.05) is 0 Å². The topological polar surface area (TPSA) is 108 Å². The summed E-state index contributed by atoms with van der Waals surface area (Å²) in [5.41, 5.74) is -0.542. The second-order valence-corrected chi connectivity index (χ2v) is 5.95. The van der Waals surface area contributed by atoms with Crippen LogP contribution in [-0.2, 0) is 10.0 Å². The Kier molecular flexibility index (Phi) is 3.74. The fraction of sp³-hybridized carbons (Fsp3) is 0.200. The van der Waals surface area contributed by atoms with E-state index in [0.29, 0.717) is 5.82 Å². The number of aromatic nitrogens is 3. The highest BCUT2D eigenvalue weighted by Crippen LogP contribution is 2.14. The molecule has 1 unspecified atom stereocenters. The van der Waals surface area contributed by atoms with E-state index in [4.69, 9.17) is 11.6 Å². The fourth-order valence-electron chi connectivity index (χ4n) is 1.46. The van der Waals surface area contributed by atoms with Gasteiger partial charge in [-0.15, -0.1) is 0 Å². The van der Waals surface area contributed by atoms with E-state index in [1.165, 1.54) is 6.20 Å². The lowest BCUT2D eigenvalue weighted by molar-refractivity contribution is 0.560. The molecule has 1 atom stereocenters. The highest BCUT2D eigenvalue weighted by atomic mass is 35.5. The Morgan fingerprint density at radius 2 is 2.16 bits per heavy atom. The van der Waals surface area contributed by atoms with Crippen LogP contribution in [0.2, 0.25) is 5.02 Å². The number of nitrogens with zero attached hydrogens (tertiary/aromatic N) is 1. The molecule has 2 heterocycles. The summed E-state index contributed by atoms with van der Waals surface area (Å²) in [7, 11) is -3.79. The molecule has 2 aromatic rings. The lowest BCUT2D eigenvalue weighted by Gasteiger charge is -2.12. The lowest BCUT2D eigenvalue weighted by atomic mass is 10.3. The van der Waals surface area contributed by atoms with Crippen LogP contribution < -0.4 is 10.3 Å². The summed E-state index contributed by atoms with van der Waals surface area (Å²) >= 11 is 5.60. The summed E-state index contributed by atoms with van der Waals surface area (Å²) < 4.78 is 26.6. The van der Waals surface area contributed by atoms with Crippen molar-refractivity contribution in [3.8, 4) is 0 Å². The summed E-state index contributed by atoms with van der Waals surface area (Å²) in [6.45, 7) is 1.64. The van der Waals surface area contributed by atoms with Gasteiger partial charge in [0.05, 0.1) is 10.9 Å². The smallest absolute Gasteiger partial charge is 0.266 e. The van der Waals surface area contributed by atoms with Gasteiger partial charge in [0, 0.05) is 18.6 Å². The fourth-order valence-corrected chi connectivity index (χ4v) is 2.90. The Bertz CT molecular complexity index is 723. The molecule has 0 saturated heterocycles. The third-order valence-corrected chi connectivity index (χ3v) is 4.20. The zero-order chi connectivity index (χ0) is 14.0. The van der Waals surface area contributed by atoms with Crippen molar-refractivity contribution in [3.05, 3.63) is 45.9 Å². The summed E-state index contributed by atoms with van der Waals surface area (Å²) in [6.07, 6.45) is 4.21. The SMILES string of the molecule is CC(NS(=O)(=O)c1c[nH]c(=O)c(Cl)c1)c1ncc[nH]1. The Balaban J connectivity index is 2.27. The number of hydrogen-bond donors (Lipinski definition) is 3. The second-order valence-electron chi connectivity index (χ2n) is 3.83. The Morgan fingerprint density at radius 3 is 2.74 bits per heavy atom. The molecule has 0 spiro atoms. The van der Waals surface area contributed by atoms with Gasteiger partial charge in [-0.3, -0.25) is 4.79 Å². The Morgan fingerprint density at radius 1 is 1.42 bits per heavy atom. The van der Waals surface area contributed by atoms with Gasteiger partial charge in [-0.05, 0) is 13.0 Å². The van der Waals surface area contributed by atoms with E-state index in [1.54, 1.807) is 13.1 Å². The van der Waals surface area contributed by atoms with Gasteiger partial charge in [0.1, 0.15) is 10.8 Å². The molecule has 19 heavy (non-hydrogen) atoms. The van der Waals surface area contributed by atoms with Crippen LogP contribution in [0.25, 0.3) is 0 Å². The van der Waals surface area contributed by atoms with Crippen molar-refractivity contribution in [2.24, 2.45) is 0 Å². The van der Waals surface area contributed by atoms with Crippen LogP contribution in [0.3, 0.4) is 0 Å². The highest BCUT2D eigenvalue weighted by Gasteiger charge is 2.20. The number of imidazole rings is 1. The van der Waals surface area contributed by atoms with Crippen molar-refractivity contribution in [2.45, 2.75) is 17.9 Å². The summed E-state index contributed by atoms with van der Waals surface area (Å²) in [5.74, 6) is 0.485. The standard InChI is InChI=1S/C10H11ClN4O3S/c1-6(9-12-2-3-13-9)15-19(17,18)7-4-8(11)10(16)14-5-7/h2-6,15H,1H3,(H,12,13)(H,14,16). The van der Waals surface area contributed by atoms with Gasteiger partial charge >= 0.3 is 0 Å². The minimum Gasteiger partial charge on any atom is -0.347 e. The van der Waals surface area contributed by atoms with Gasteiger partial charge in [0.2, 0.25) is 10.0 Å². The van der Waals surface area contributed by atoms with E-state index in [0.717, 1.165) is 12.3 Å². The first-order valence-electron chi connectivity index (χ1n) is 5.30. The minimum absolute atomic E-state index is 0.115. The number of nitrogens with one attached hydrogen (secondary N) is 3. The van der Waals surface area contributed by atoms with Gasteiger partial charge in [0.15, 0.2) is 0 Å². The number of H-pyrrole nitrogens is 2. The maximum absolute atomic E-state index is 12.1. The molecule has 9 heteroatoms. The molecule has 0 amide bonds. The van der Waals surface area contributed by atoms with Crippen LogP contribution in [0, 0.1) is 0 Å². The third kappa shape index (κ3) is 3.03. The molecule has 0 aliphatic rings. The average Bonchev–Trinajstić information content (AvgIpc) is 2.85. The number of rotatable bonds is 4. The Hall–Kier alpha value is -1.64. The van der Waals surface area contributed by atoms with Gasteiger partial charge in [0.25, 0.3) is 5.56 Å². The number of pyridine rings is 1. The van der Waals surface area contributed by atoms with Crippen LogP contribution in [0.4, 0.5) is 0 Å². The van der Waals surface area contributed by atoms with Crippen LogP contribution >= 0.6 is 11.6 Å². The van der Waals surface area contributed by atoms with E-state index in [9.17, 15) is 13.2 Å². The first kappa shape index (κ1) is 13.8. The monoisotopic (exact) mass is 302 g/mol. The molecular formula is C10H11ClN4O3S. The predicted octanol–water partition coefficient (Wildman–Crippen LogP) is 0.791. The number of hydrogen-bond acceptors (Lipinski definition) is 4. The lowest BCUT2D eigenvalue weighted by Crippen LogP contribution is -2.28. The molecule has 2 rings (SSSR count). The molecule has 3 N–H and O–H groups in total. The van der Waals surface area contributed by atoms with Crippen molar-refractivity contribution >= 4 is 21.6 Å². The predicted molar refractivity (Wildman–Crippen MR) is 69.4 cm³/mol. The van der Waals surface area contributed by atoms with E-state index >= 15 is 0 Å². The zero-order valence-corrected chi connectivity index (χ0v) is 11.4. The normalized spacial score (nSPS) is 13.4. The first-order chi connectivity index (χ1) is 8.90. The minimum atomic E-state index is -3.79. The molecule has 0 aromatic carbocycles. The number of sulfonamides is 1. The largest absolute Gasteiger partial charge is 0.347 e. The highest BCUT2D eigenvalue weighted by molar-refractivity contribution is 7.89. The molecule has 0 saturated carbocycles. The Labute approximate surface area is 114 Å². The molecule has 0 radical (unpaired) electrons. The van der Waals surface area contributed by atoms with Gasteiger partial charge in [-0.1, -0.05) is 11.6 Å². The van der Waals surface area contributed by atoms with Crippen molar-refractivity contribution in [1.82, 2.24) is 19.7 Å². The molecule has 0 aliphatic heterocycles. The molecule has 0 fully saturated rings. The molecule has 7 nitrogen and oxygen atoms in total. The van der Waals surface area contributed by atoms with Crippen molar-refractivity contribution in [1.29, 1.82) is 0 Å². The third-order valence-electron chi connectivity index (χ3n) is 2.40. The van der Waals surface area contributed by atoms with Crippen LogP contribution in [0.5, 0.6) is 0 Å². The maximum Gasteiger partial charge on any atom is 0.266 e. The second kappa shape index (κ2) is 5.16. The summed E-state index contributed by atoms with van der Waals surface area (Å²) in [4.78, 5) is 20.0. The van der Waals surface area contributed by atoms with Crippen LogP contribution in [-0.4, -0.2) is 23.4 Å². The first-order valence-corrected chi connectivity index (χ1v) is 7.16. The molecule has 2 aromatic heterocycles. The van der Waals surface area contributed by atoms with Gasteiger partial charge in [-0.25, -0.2) is 18.1 Å². The van der Waals surface area contributed by atoms with Crippen LogP contribution in [0.15, 0.2) is 34.3 Å². The van der Waals surface area contributed by atoms with Gasteiger partial charge in [-0.2, -0.15) is 0 Å². The van der Waals surface area contributed by atoms with Crippen molar-refractivity contribution in [3.63, 3.8) is 0 Å². The average molecular weight is 303 g/mol. The van der Waals surface area contributed by atoms with E-state index < -0.39 is 21.6 Å². The zero-order valence-electron chi connectivity index (χ0n) is 9.84. The molecule has 0 aliphatic carbocycles. The van der Waals surface area contributed by atoms with E-state index in [-0.39, 0.29) is 9.92 Å². The molecule has 102 valence electrons. The quantitative estimate of drug-likeness (QED) is 0.776. The van der Waals surface area contributed by atoms with E-state index in [1.807, 2.05) is 0 Å². The molecular weight excluding hydrogens is 292 g/mol. The maximum atomic E-state index is 12.1. The van der Waals surface area contributed by atoms with Gasteiger partial charge < -0.3 is 9.97 Å². The number of aromatic amines is 2. The summed E-state index contributed by atoms with van der Waals surface area (Å²) in [6, 6.07) is 0.558. The summed E-state index contributed by atoms with van der Waals surface area (Å²) in [5, 5.41) is -0.187. The molecule has 0 bridgehead atoms. The number of halogens is 1.